The highest BCUT2D eigenvalue weighted by molar-refractivity contribution is 6.31. The van der Waals surface area contributed by atoms with Crippen LogP contribution in [0.15, 0.2) is 72.9 Å². The summed E-state index contributed by atoms with van der Waals surface area (Å²) in [5.74, 6) is 6.02. The minimum Gasteiger partial charge on any atom is -0.487 e. The lowest BCUT2D eigenvalue weighted by atomic mass is 9.78. The molecule has 3 fully saturated rings. The summed E-state index contributed by atoms with van der Waals surface area (Å²) < 4.78 is 6.06. The number of nitrogens with zero attached hydrogens (tertiary/aromatic N) is 6. The van der Waals surface area contributed by atoms with Crippen molar-refractivity contribution in [2.45, 2.75) is 63.6 Å². The van der Waals surface area contributed by atoms with Crippen molar-refractivity contribution in [3.8, 4) is 17.6 Å². The van der Waals surface area contributed by atoms with Crippen molar-refractivity contribution in [3.05, 3.63) is 123 Å². The lowest BCUT2D eigenvalue weighted by molar-refractivity contribution is -0.136. The summed E-state index contributed by atoms with van der Waals surface area (Å²) in [4.78, 5) is 68.6. The van der Waals surface area contributed by atoms with E-state index in [1.54, 1.807) is 24.4 Å². The molecule has 5 heterocycles. The first-order valence-electron chi connectivity index (χ1n) is 19.1. The van der Waals surface area contributed by atoms with E-state index in [0.29, 0.717) is 33.9 Å². The zero-order chi connectivity index (χ0) is 39.8. The van der Waals surface area contributed by atoms with Gasteiger partial charge in [-0.05, 0) is 97.9 Å². The maximum absolute atomic E-state index is 13.3. The number of halogens is 1. The summed E-state index contributed by atoms with van der Waals surface area (Å²) in [6.07, 6.45) is 3.82. The van der Waals surface area contributed by atoms with Gasteiger partial charge in [-0.2, -0.15) is 0 Å². The summed E-state index contributed by atoms with van der Waals surface area (Å²) in [5.41, 5.74) is 4.39. The molecule has 12 nitrogen and oxygen atoms in total. The number of benzene rings is 3. The Morgan fingerprint density at radius 3 is 2.42 bits per heavy atom. The molecule has 8 rings (SSSR count). The summed E-state index contributed by atoms with van der Waals surface area (Å²) in [6.45, 7) is 15.4. The Bertz CT molecular complexity index is 2380. The van der Waals surface area contributed by atoms with Gasteiger partial charge in [-0.1, -0.05) is 49.6 Å². The molecule has 1 N–H and O–H groups in total. The van der Waals surface area contributed by atoms with Crippen LogP contribution in [0.5, 0.6) is 5.75 Å². The number of hydrogen-bond acceptors (Lipinski definition) is 9. The Kier molecular flexibility index (Phi) is 10.3. The van der Waals surface area contributed by atoms with Gasteiger partial charge in [-0.25, -0.2) is 14.8 Å². The summed E-state index contributed by atoms with van der Waals surface area (Å²) >= 11 is 6.29. The number of ether oxygens (including phenoxy) is 1. The van der Waals surface area contributed by atoms with Gasteiger partial charge in [0.15, 0.2) is 5.69 Å². The van der Waals surface area contributed by atoms with Gasteiger partial charge < -0.3 is 9.64 Å². The van der Waals surface area contributed by atoms with Crippen molar-refractivity contribution in [2.24, 2.45) is 5.92 Å². The lowest BCUT2D eigenvalue weighted by Crippen LogP contribution is -2.61. The smallest absolute Gasteiger partial charge is 0.262 e. The summed E-state index contributed by atoms with van der Waals surface area (Å²) in [6, 6.07) is 19.9. The molecule has 57 heavy (non-hydrogen) atoms. The third kappa shape index (κ3) is 7.71. The average Bonchev–Trinajstić information content (AvgIpc) is 3.44. The van der Waals surface area contributed by atoms with E-state index in [1.807, 2.05) is 48.5 Å². The first-order valence-corrected chi connectivity index (χ1v) is 19.4. The Labute approximate surface area is 336 Å². The quantitative estimate of drug-likeness (QED) is 0.131. The van der Waals surface area contributed by atoms with Gasteiger partial charge in [0.25, 0.3) is 11.8 Å². The topological polar surface area (TPSA) is 129 Å². The van der Waals surface area contributed by atoms with E-state index in [-0.39, 0.29) is 36.3 Å². The van der Waals surface area contributed by atoms with E-state index in [2.05, 4.69) is 55.6 Å². The highest BCUT2D eigenvalue weighted by atomic mass is 35.5. The van der Waals surface area contributed by atoms with Crippen molar-refractivity contribution in [1.82, 2.24) is 25.1 Å². The van der Waals surface area contributed by atoms with Gasteiger partial charge in [0.05, 0.1) is 23.4 Å². The molecule has 4 aliphatic heterocycles. The maximum atomic E-state index is 13.3. The number of imide groups is 2. The number of piperidine rings is 2. The van der Waals surface area contributed by atoms with Gasteiger partial charge in [-0.3, -0.25) is 34.3 Å². The van der Waals surface area contributed by atoms with E-state index in [1.165, 1.54) is 0 Å². The standard InChI is InChI=1S/C44H40ClN7O5/c1-44(2,29-20-30(45)22-32(21-29)46-3)28-5-8-35(9-6-28)57-26-31-14-17-47-39(48-31)12-4-27-15-18-50(19-16-27)34-24-51(25-34)33-7-10-36-37(23-33)43(56)52(42(36)55)38-11-13-40(53)49-41(38)54/h5-10,14,17,20-23,27,34,38H,11,13,15-16,18-19,24-26H2,1-2H3,(H,49,53,54). The van der Waals surface area contributed by atoms with Crippen molar-refractivity contribution in [2.75, 3.05) is 31.1 Å². The molecular formula is C44H40ClN7O5. The zero-order valence-electron chi connectivity index (χ0n) is 31.6. The van der Waals surface area contributed by atoms with E-state index < -0.39 is 29.7 Å². The second kappa shape index (κ2) is 15.5. The van der Waals surface area contributed by atoms with Crippen LogP contribution < -0.4 is 15.0 Å². The van der Waals surface area contributed by atoms with E-state index in [4.69, 9.17) is 22.9 Å². The Balaban J connectivity index is 0.804. The molecule has 13 heteroatoms. The van der Waals surface area contributed by atoms with Gasteiger partial charge in [0.1, 0.15) is 18.4 Å². The Morgan fingerprint density at radius 2 is 1.68 bits per heavy atom. The minimum absolute atomic E-state index is 0.0885. The Hall–Kier alpha value is -6.08. The third-order valence-electron chi connectivity index (χ3n) is 11.5. The fourth-order valence-corrected chi connectivity index (χ4v) is 8.19. The van der Waals surface area contributed by atoms with Crippen LogP contribution in [-0.2, 0) is 21.6 Å². The molecule has 1 atom stereocenters. The number of anilines is 1. The van der Waals surface area contributed by atoms with Gasteiger partial charge in [0.2, 0.25) is 17.6 Å². The first kappa shape index (κ1) is 37.8. The summed E-state index contributed by atoms with van der Waals surface area (Å²) in [7, 11) is 0. The number of nitrogens with one attached hydrogen (secondary N) is 1. The number of fused-ring (bicyclic) bond motifs is 1. The zero-order valence-corrected chi connectivity index (χ0v) is 32.4. The first-order chi connectivity index (χ1) is 27.5. The fraction of sp³-hybridized carbons (Fsp3) is 0.341. The van der Waals surface area contributed by atoms with Crippen LogP contribution in [0.1, 0.15) is 82.9 Å². The SMILES string of the molecule is [C-]#[N+]c1cc(Cl)cc(C(C)(C)c2ccc(OCc3ccnc(C#CC4CCN(C5CN(c6ccc7c(c6)C(=O)N(C6CCC(=O)NC6=O)C7=O)C5)CC4)n3)cc2)c1. The molecule has 3 saturated heterocycles. The van der Waals surface area contributed by atoms with Crippen LogP contribution in [0.2, 0.25) is 5.02 Å². The molecule has 0 spiro atoms. The van der Waals surface area contributed by atoms with Gasteiger partial charge in [0, 0.05) is 53.8 Å². The number of carbonyl (C=O) groups is 4. The van der Waals surface area contributed by atoms with E-state index in [9.17, 15) is 19.2 Å². The van der Waals surface area contributed by atoms with Crippen LogP contribution in [0, 0.1) is 24.3 Å². The molecule has 1 aromatic heterocycles. The number of aromatic nitrogens is 2. The molecule has 0 radical (unpaired) electrons. The fourth-order valence-electron chi connectivity index (χ4n) is 7.96. The second-order valence-electron chi connectivity index (χ2n) is 15.4. The molecule has 0 aliphatic carbocycles. The molecule has 288 valence electrons. The normalized spacial score (nSPS) is 19.0. The predicted octanol–water partition coefficient (Wildman–Crippen LogP) is 5.94. The minimum atomic E-state index is -0.976. The number of hydrogen-bond donors (Lipinski definition) is 1. The van der Waals surface area contributed by atoms with E-state index >= 15 is 0 Å². The number of rotatable bonds is 8. The number of likely N-dealkylation sites (tertiary alicyclic amines) is 1. The van der Waals surface area contributed by atoms with Gasteiger partial charge in [-0.15, -0.1) is 0 Å². The third-order valence-corrected chi connectivity index (χ3v) is 11.7. The van der Waals surface area contributed by atoms with Crippen molar-refractivity contribution < 1.29 is 23.9 Å². The second-order valence-corrected chi connectivity index (χ2v) is 15.9. The largest absolute Gasteiger partial charge is 0.487 e. The maximum Gasteiger partial charge on any atom is 0.262 e. The number of carbonyl (C=O) groups excluding carboxylic acids is 4. The lowest BCUT2D eigenvalue weighted by Gasteiger charge is -2.48. The summed E-state index contributed by atoms with van der Waals surface area (Å²) in [5, 5.41) is 2.78. The van der Waals surface area contributed by atoms with Crippen LogP contribution in [0.25, 0.3) is 4.85 Å². The van der Waals surface area contributed by atoms with Crippen LogP contribution >= 0.6 is 11.6 Å². The Morgan fingerprint density at radius 1 is 0.930 bits per heavy atom. The molecule has 0 bridgehead atoms. The molecule has 1 unspecified atom stereocenters. The molecular weight excluding hydrogens is 742 g/mol. The molecule has 3 aromatic carbocycles. The van der Waals surface area contributed by atoms with Crippen molar-refractivity contribution in [1.29, 1.82) is 0 Å². The molecule has 0 saturated carbocycles. The van der Waals surface area contributed by atoms with Crippen molar-refractivity contribution >= 4 is 46.6 Å². The number of amides is 4. The molecule has 4 aliphatic rings. The van der Waals surface area contributed by atoms with Gasteiger partial charge >= 0.3 is 0 Å². The van der Waals surface area contributed by atoms with Crippen LogP contribution in [0.3, 0.4) is 0 Å². The predicted molar refractivity (Wildman–Crippen MR) is 213 cm³/mol. The highest BCUT2D eigenvalue weighted by Gasteiger charge is 2.45. The molecule has 4 amide bonds. The van der Waals surface area contributed by atoms with E-state index in [0.717, 1.165) is 66.4 Å². The average molecular weight is 782 g/mol. The van der Waals surface area contributed by atoms with Crippen molar-refractivity contribution in [3.63, 3.8) is 0 Å². The highest BCUT2D eigenvalue weighted by Crippen LogP contribution is 2.37. The molecule has 4 aromatic rings. The van der Waals surface area contributed by atoms with Crippen LogP contribution in [-0.4, -0.2) is 81.7 Å². The van der Waals surface area contributed by atoms with Crippen LogP contribution in [0.4, 0.5) is 11.4 Å². The monoisotopic (exact) mass is 781 g/mol.